The first kappa shape index (κ1) is 17.1. The number of carbonyl (C=O) groups excluding carboxylic acids is 2. The summed E-state index contributed by atoms with van der Waals surface area (Å²) in [5, 5.41) is 2.74. The fourth-order valence-electron chi connectivity index (χ4n) is 3.11. The highest BCUT2D eigenvalue weighted by Gasteiger charge is 2.35. The number of hydrogen-bond acceptors (Lipinski definition) is 2. The Hall–Kier alpha value is -2.69. The summed E-state index contributed by atoms with van der Waals surface area (Å²) in [4.78, 5) is 26.4. The molecule has 5 heteroatoms. The normalized spacial score (nSPS) is 17.0. The summed E-state index contributed by atoms with van der Waals surface area (Å²) in [5.74, 6) is -1.04. The molecule has 1 aliphatic rings. The van der Waals surface area contributed by atoms with Gasteiger partial charge in [-0.2, -0.15) is 0 Å². The van der Waals surface area contributed by atoms with E-state index in [2.05, 4.69) is 5.32 Å². The van der Waals surface area contributed by atoms with Crippen LogP contribution in [-0.2, 0) is 16.1 Å². The fourth-order valence-corrected chi connectivity index (χ4v) is 3.11. The molecule has 1 saturated heterocycles. The second kappa shape index (κ2) is 7.05. The van der Waals surface area contributed by atoms with Gasteiger partial charge >= 0.3 is 0 Å². The largest absolute Gasteiger partial charge is 0.352 e. The third-order valence-corrected chi connectivity index (χ3v) is 4.77. The average Bonchev–Trinajstić information content (AvgIpc) is 2.98. The highest BCUT2D eigenvalue weighted by atomic mass is 19.1. The molecule has 0 spiro atoms. The van der Waals surface area contributed by atoms with Crippen molar-refractivity contribution in [3.63, 3.8) is 0 Å². The minimum Gasteiger partial charge on any atom is -0.352 e. The first-order valence-electron chi connectivity index (χ1n) is 8.35. The van der Waals surface area contributed by atoms with Crippen LogP contribution in [0.25, 0.3) is 0 Å². The number of aryl methyl sites for hydroxylation is 1. The Balaban J connectivity index is 1.67. The summed E-state index contributed by atoms with van der Waals surface area (Å²) < 4.78 is 13.6. The quantitative estimate of drug-likeness (QED) is 0.930. The van der Waals surface area contributed by atoms with Crippen molar-refractivity contribution >= 4 is 17.5 Å². The maximum Gasteiger partial charge on any atom is 0.227 e. The highest BCUT2D eigenvalue weighted by Crippen LogP contribution is 2.29. The molecule has 2 aromatic carbocycles. The van der Waals surface area contributed by atoms with Crippen molar-refractivity contribution in [2.75, 3.05) is 11.4 Å². The van der Waals surface area contributed by atoms with Gasteiger partial charge in [0.05, 0.1) is 5.92 Å². The van der Waals surface area contributed by atoms with E-state index < -0.39 is 5.92 Å². The Morgan fingerprint density at radius 2 is 1.96 bits per heavy atom. The molecule has 0 aliphatic carbocycles. The van der Waals surface area contributed by atoms with Gasteiger partial charge in [0.15, 0.2) is 0 Å². The third-order valence-electron chi connectivity index (χ3n) is 4.77. The molecule has 1 unspecified atom stereocenters. The average molecular weight is 340 g/mol. The zero-order chi connectivity index (χ0) is 18.0. The lowest BCUT2D eigenvalue weighted by molar-refractivity contribution is -0.126. The number of nitrogens with zero attached hydrogens (tertiary/aromatic N) is 1. The molecule has 2 amide bonds. The lowest BCUT2D eigenvalue weighted by atomic mass is 10.1. The van der Waals surface area contributed by atoms with Crippen molar-refractivity contribution in [3.8, 4) is 0 Å². The van der Waals surface area contributed by atoms with Crippen LogP contribution in [0.3, 0.4) is 0 Å². The number of anilines is 1. The molecule has 1 heterocycles. The van der Waals surface area contributed by atoms with Crippen LogP contribution in [0.1, 0.15) is 23.1 Å². The first-order chi connectivity index (χ1) is 12.0. The van der Waals surface area contributed by atoms with Gasteiger partial charge in [-0.1, -0.05) is 30.3 Å². The van der Waals surface area contributed by atoms with Crippen molar-refractivity contribution in [1.29, 1.82) is 0 Å². The second-order valence-corrected chi connectivity index (χ2v) is 6.43. The Morgan fingerprint density at radius 1 is 1.20 bits per heavy atom. The van der Waals surface area contributed by atoms with Crippen LogP contribution in [0.2, 0.25) is 0 Å². The Morgan fingerprint density at radius 3 is 2.72 bits per heavy atom. The van der Waals surface area contributed by atoms with E-state index in [4.69, 9.17) is 0 Å². The summed E-state index contributed by atoms with van der Waals surface area (Å²) >= 11 is 0. The van der Waals surface area contributed by atoms with Gasteiger partial charge < -0.3 is 10.2 Å². The third kappa shape index (κ3) is 3.55. The van der Waals surface area contributed by atoms with Gasteiger partial charge in [-0.25, -0.2) is 4.39 Å². The minimum absolute atomic E-state index is 0.0558. The SMILES string of the molecule is Cc1cccc(N2CC(C(=O)NCc3ccccc3F)CC2=O)c1C. The van der Waals surface area contributed by atoms with Crippen LogP contribution in [0, 0.1) is 25.6 Å². The maximum absolute atomic E-state index is 13.6. The van der Waals surface area contributed by atoms with E-state index in [1.165, 1.54) is 6.07 Å². The number of benzene rings is 2. The molecule has 0 radical (unpaired) electrons. The van der Waals surface area contributed by atoms with Gasteiger partial charge in [0.2, 0.25) is 11.8 Å². The molecule has 2 aromatic rings. The molecule has 0 saturated carbocycles. The van der Waals surface area contributed by atoms with Gasteiger partial charge in [0, 0.05) is 30.8 Å². The van der Waals surface area contributed by atoms with Crippen LogP contribution < -0.4 is 10.2 Å². The van der Waals surface area contributed by atoms with Crippen LogP contribution in [-0.4, -0.2) is 18.4 Å². The zero-order valence-electron chi connectivity index (χ0n) is 14.4. The van der Waals surface area contributed by atoms with Gasteiger partial charge in [-0.15, -0.1) is 0 Å². The number of carbonyl (C=O) groups is 2. The standard InChI is InChI=1S/C20H21FN2O2/c1-13-6-5-9-18(14(13)2)23-12-16(10-19(23)24)20(25)22-11-15-7-3-4-8-17(15)21/h3-9,16H,10-12H2,1-2H3,(H,22,25). The topological polar surface area (TPSA) is 49.4 Å². The Kier molecular flexibility index (Phi) is 4.83. The van der Waals surface area contributed by atoms with Gasteiger partial charge in [-0.3, -0.25) is 9.59 Å². The van der Waals surface area contributed by atoms with E-state index in [-0.39, 0.29) is 30.6 Å². The van der Waals surface area contributed by atoms with Gasteiger partial charge in [0.25, 0.3) is 0 Å². The second-order valence-electron chi connectivity index (χ2n) is 6.43. The minimum atomic E-state index is -0.417. The molecule has 1 aliphatic heterocycles. The number of hydrogen-bond donors (Lipinski definition) is 1. The van der Waals surface area contributed by atoms with Crippen LogP contribution in [0.15, 0.2) is 42.5 Å². The maximum atomic E-state index is 13.6. The molecule has 0 bridgehead atoms. The predicted molar refractivity (Wildman–Crippen MR) is 94.6 cm³/mol. The lowest BCUT2D eigenvalue weighted by Crippen LogP contribution is -2.33. The van der Waals surface area contributed by atoms with Crippen LogP contribution >= 0.6 is 0 Å². The van der Waals surface area contributed by atoms with E-state index in [1.807, 2.05) is 32.0 Å². The number of halogens is 1. The molecular formula is C20H21FN2O2. The van der Waals surface area contributed by atoms with E-state index >= 15 is 0 Å². The van der Waals surface area contributed by atoms with Crippen molar-refractivity contribution < 1.29 is 14.0 Å². The predicted octanol–water partition coefficient (Wildman–Crippen LogP) is 3.11. The molecule has 1 N–H and O–H groups in total. The Bertz CT molecular complexity index is 819. The molecular weight excluding hydrogens is 319 g/mol. The van der Waals surface area contributed by atoms with E-state index in [0.717, 1.165) is 16.8 Å². The van der Waals surface area contributed by atoms with E-state index in [1.54, 1.807) is 23.1 Å². The first-order valence-corrected chi connectivity index (χ1v) is 8.35. The molecule has 1 atom stereocenters. The van der Waals surface area contributed by atoms with Crippen molar-refractivity contribution in [2.24, 2.45) is 5.92 Å². The van der Waals surface area contributed by atoms with E-state index in [9.17, 15) is 14.0 Å². The monoisotopic (exact) mass is 340 g/mol. The molecule has 130 valence electrons. The lowest BCUT2D eigenvalue weighted by Gasteiger charge is -2.20. The van der Waals surface area contributed by atoms with Crippen LogP contribution in [0.4, 0.5) is 10.1 Å². The van der Waals surface area contributed by atoms with Gasteiger partial charge in [0.1, 0.15) is 5.82 Å². The summed E-state index contributed by atoms with van der Waals surface area (Å²) in [6, 6.07) is 12.2. The van der Waals surface area contributed by atoms with Crippen LogP contribution in [0.5, 0.6) is 0 Å². The fraction of sp³-hybridized carbons (Fsp3) is 0.300. The van der Waals surface area contributed by atoms with Crippen molar-refractivity contribution in [1.82, 2.24) is 5.32 Å². The summed E-state index contributed by atoms with van der Waals surface area (Å²) in [7, 11) is 0. The summed E-state index contributed by atoms with van der Waals surface area (Å²) in [6.45, 7) is 4.45. The molecule has 1 fully saturated rings. The van der Waals surface area contributed by atoms with Gasteiger partial charge in [-0.05, 0) is 37.1 Å². The Labute approximate surface area is 146 Å². The smallest absolute Gasteiger partial charge is 0.227 e. The van der Waals surface area contributed by atoms with E-state index in [0.29, 0.717) is 12.1 Å². The summed E-state index contributed by atoms with van der Waals surface area (Å²) in [5.41, 5.74) is 3.45. The summed E-state index contributed by atoms with van der Waals surface area (Å²) in [6.07, 6.45) is 0.177. The molecule has 25 heavy (non-hydrogen) atoms. The molecule has 4 nitrogen and oxygen atoms in total. The number of amides is 2. The number of rotatable bonds is 4. The van der Waals surface area contributed by atoms with Crippen molar-refractivity contribution in [2.45, 2.75) is 26.8 Å². The molecule has 0 aromatic heterocycles. The number of nitrogens with one attached hydrogen (secondary N) is 1. The molecule has 3 rings (SSSR count). The zero-order valence-corrected chi connectivity index (χ0v) is 14.4. The highest BCUT2D eigenvalue weighted by molar-refractivity contribution is 6.00. The van der Waals surface area contributed by atoms with Crippen molar-refractivity contribution in [3.05, 3.63) is 65.0 Å².